The molecule has 0 spiro atoms. The van der Waals surface area contributed by atoms with E-state index in [4.69, 9.17) is 0 Å². The summed E-state index contributed by atoms with van der Waals surface area (Å²) in [6.45, 7) is 4.45. The van der Waals surface area contributed by atoms with Crippen LogP contribution in [0.15, 0.2) is 48.5 Å². The van der Waals surface area contributed by atoms with Crippen LogP contribution in [0.4, 0.5) is 0 Å². The van der Waals surface area contributed by atoms with Gasteiger partial charge in [0.15, 0.2) is 0 Å². The van der Waals surface area contributed by atoms with Crippen LogP contribution >= 0.6 is 0 Å². The highest BCUT2D eigenvalue weighted by molar-refractivity contribution is 5.46. The molecule has 0 unspecified atom stereocenters. The van der Waals surface area contributed by atoms with E-state index in [1.54, 1.807) is 0 Å². The molecule has 0 radical (unpaired) electrons. The van der Waals surface area contributed by atoms with Crippen molar-refractivity contribution >= 4 is 0 Å². The second kappa shape index (κ2) is 14.6. The third kappa shape index (κ3) is 9.75. The summed E-state index contributed by atoms with van der Waals surface area (Å²) in [6, 6.07) is 16.8. The number of unbranched alkanes of at least 4 members (excludes halogenated alkanes) is 4. The van der Waals surface area contributed by atoms with Gasteiger partial charge in [-0.05, 0) is 96.6 Å². The van der Waals surface area contributed by atoms with Gasteiger partial charge in [-0.3, -0.25) is 0 Å². The maximum Gasteiger partial charge on any atom is 0.0255 e. The van der Waals surface area contributed by atoms with Gasteiger partial charge in [0, 0.05) is 11.1 Å². The molecule has 150 valence electrons. The van der Waals surface area contributed by atoms with Crippen LogP contribution in [0.2, 0.25) is 0 Å². The van der Waals surface area contributed by atoms with Crippen LogP contribution in [0.5, 0.6) is 0 Å². The normalized spacial score (nSPS) is 9.00. The Labute approximate surface area is 183 Å². The second-order valence-corrected chi connectivity index (χ2v) is 7.31. The molecule has 30 heavy (non-hydrogen) atoms. The Balaban J connectivity index is 1.80. The van der Waals surface area contributed by atoms with Crippen molar-refractivity contribution in [2.75, 3.05) is 0 Å². The lowest BCUT2D eigenvalue weighted by Gasteiger charge is -2.00. The molecular weight excluding hydrogens is 360 g/mol. The zero-order valence-corrected chi connectivity index (χ0v) is 18.3. The Morgan fingerprint density at radius 3 is 1.20 bits per heavy atom. The highest BCUT2D eigenvalue weighted by atomic mass is 14.0. The molecule has 0 nitrogen and oxygen atoms in total. The van der Waals surface area contributed by atoms with Crippen LogP contribution in [0.1, 0.15) is 74.6 Å². The molecule has 0 heterocycles. The van der Waals surface area contributed by atoms with E-state index in [2.05, 4.69) is 110 Å². The van der Waals surface area contributed by atoms with Crippen molar-refractivity contribution in [3.63, 3.8) is 0 Å². The largest absolute Gasteiger partial charge is 0.0654 e. The number of rotatable bonds is 8. The Morgan fingerprint density at radius 2 is 0.833 bits per heavy atom. The molecule has 2 aromatic carbocycles. The zero-order valence-electron chi connectivity index (χ0n) is 18.3. The van der Waals surface area contributed by atoms with Crippen molar-refractivity contribution in [2.24, 2.45) is 0 Å². The van der Waals surface area contributed by atoms with E-state index >= 15 is 0 Å². The summed E-state index contributed by atoms with van der Waals surface area (Å²) in [6.07, 6.45) is 9.86. The molecule has 0 aliphatic carbocycles. The monoisotopic (exact) mass is 390 g/mol. The summed E-state index contributed by atoms with van der Waals surface area (Å²) in [7, 11) is 0. The van der Waals surface area contributed by atoms with E-state index in [1.807, 2.05) is 0 Å². The smallest absolute Gasteiger partial charge is 0.0255 e. The Kier molecular flexibility index (Phi) is 11.2. The topological polar surface area (TPSA) is 0 Å². The van der Waals surface area contributed by atoms with Gasteiger partial charge >= 0.3 is 0 Å². The minimum atomic E-state index is 0.981. The maximum absolute atomic E-state index is 3.05. The summed E-state index contributed by atoms with van der Waals surface area (Å²) in [5.41, 5.74) is 4.70. The number of hydrogen-bond donors (Lipinski definition) is 0. The SMILES string of the molecule is CCCCCc1ccc(C#CC#CC#CC#Cc2ccc(CCCCC)cc2)cc1. The Morgan fingerprint density at radius 1 is 0.467 bits per heavy atom. The summed E-state index contributed by atoms with van der Waals surface area (Å²) in [5.74, 6) is 22.8. The first-order valence-corrected chi connectivity index (χ1v) is 11.0. The molecule has 0 aromatic heterocycles. The van der Waals surface area contributed by atoms with E-state index in [1.165, 1.54) is 49.7 Å². The average Bonchev–Trinajstić information content (AvgIpc) is 2.78. The summed E-state index contributed by atoms with van der Waals surface area (Å²) < 4.78 is 0. The van der Waals surface area contributed by atoms with Crippen molar-refractivity contribution in [1.29, 1.82) is 0 Å². The molecule has 0 aliphatic heterocycles. The molecule has 0 N–H and O–H groups in total. The van der Waals surface area contributed by atoms with E-state index in [0.29, 0.717) is 0 Å². The molecule has 2 aromatic rings. The summed E-state index contributed by atoms with van der Waals surface area (Å²) in [4.78, 5) is 0. The zero-order chi connectivity index (χ0) is 21.3. The van der Waals surface area contributed by atoms with Crippen LogP contribution in [0.25, 0.3) is 0 Å². The van der Waals surface area contributed by atoms with Gasteiger partial charge in [-0.25, -0.2) is 0 Å². The first-order valence-electron chi connectivity index (χ1n) is 11.0. The number of benzene rings is 2. The lowest BCUT2D eigenvalue weighted by Crippen LogP contribution is -1.85. The molecule has 0 saturated heterocycles. The molecule has 0 bridgehead atoms. The molecule has 0 fully saturated rings. The highest BCUT2D eigenvalue weighted by Gasteiger charge is 1.94. The van der Waals surface area contributed by atoms with Gasteiger partial charge in [0.25, 0.3) is 0 Å². The molecule has 0 aliphatic rings. The van der Waals surface area contributed by atoms with Gasteiger partial charge in [0.1, 0.15) is 0 Å². The quantitative estimate of drug-likeness (QED) is 0.353. The van der Waals surface area contributed by atoms with Crippen LogP contribution in [0, 0.1) is 47.4 Å². The van der Waals surface area contributed by atoms with Gasteiger partial charge in [-0.1, -0.05) is 75.6 Å². The fraction of sp³-hybridized carbons (Fsp3) is 0.333. The van der Waals surface area contributed by atoms with Crippen molar-refractivity contribution in [2.45, 2.75) is 65.2 Å². The highest BCUT2D eigenvalue weighted by Crippen LogP contribution is 2.09. The minimum absolute atomic E-state index is 0.981. The van der Waals surface area contributed by atoms with Crippen LogP contribution < -0.4 is 0 Å². The summed E-state index contributed by atoms with van der Waals surface area (Å²) in [5, 5.41) is 0. The van der Waals surface area contributed by atoms with E-state index in [0.717, 1.165) is 24.0 Å². The van der Waals surface area contributed by atoms with Crippen LogP contribution in [-0.4, -0.2) is 0 Å². The second-order valence-electron chi connectivity index (χ2n) is 7.31. The lowest BCUT2D eigenvalue weighted by atomic mass is 10.1. The predicted octanol–water partition coefficient (Wildman–Crippen LogP) is 6.56. The average molecular weight is 391 g/mol. The van der Waals surface area contributed by atoms with E-state index in [9.17, 15) is 0 Å². The fourth-order valence-electron chi connectivity index (χ4n) is 3.00. The fourth-order valence-corrected chi connectivity index (χ4v) is 3.00. The van der Waals surface area contributed by atoms with Gasteiger partial charge in [-0.2, -0.15) is 0 Å². The van der Waals surface area contributed by atoms with Crippen molar-refractivity contribution in [1.82, 2.24) is 0 Å². The number of aryl methyl sites for hydroxylation is 2. The summed E-state index contributed by atoms with van der Waals surface area (Å²) >= 11 is 0. The van der Waals surface area contributed by atoms with Crippen molar-refractivity contribution in [3.05, 3.63) is 70.8 Å². The third-order valence-electron chi connectivity index (χ3n) is 4.77. The standard InChI is InChI=1S/C30H30/c1-3-5-11-15-27-19-23-29(24-20-27)17-13-9-7-8-10-14-18-30-25-21-28(22-26-30)16-12-6-4-2/h19-26H,3-6,11-12,15-16H2,1-2H3. The molecule has 0 atom stereocenters. The van der Waals surface area contributed by atoms with Gasteiger partial charge < -0.3 is 0 Å². The van der Waals surface area contributed by atoms with Gasteiger partial charge in [0.05, 0.1) is 0 Å². The van der Waals surface area contributed by atoms with Crippen LogP contribution in [-0.2, 0) is 12.8 Å². The molecule has 0 heteroatoms. The van der Waals surface area contributed by atoms with E-state index in [-0.39, 0.29) is 0 Å². The first-order chi connectivity index (χ1) is 14.8. The maximum atomic E-state index is 3.05. The third-order valence-corrected chi connectivity index (χ3v) is 4.77. The molecule has 0 saturated carbocycles. The predicted molar refractivity (Wildman–Crippen MR) is 129 cm³/mol. The van der Waals surface area contributed by atoms with Gasteiger partial charge in [0.2, 0.25) is 0 Å². The first kappa shape index (κ1) is 23.0. The van der Waals surface area contributed by atoms with Crippen LogP contribution in [0.3, 0.4) is 0 Å². The molecule has 0 amide bonds. The molecule has 2 rings (SSSR count). The Hall–Kier alpha value is -3.32. The lowest BCUT2D eigenvalue weighted by molar-refractivity contribution is 0.717. The van der Waals surface area contributed by atoms with E-state index < -0.39 is 0 Å². The van der Waals surface area contributed by atoms with Gasteiger partial charge in [-0.15, -0.1) is 0 Å². The van der Waals surface area contributed by atoms with Crippen molar-refractivity contribution in [3.8, 4) is 47.4 Å². The Bertz CT molecular complexity index is 918. The van der Waals surface area contributed by atoms with Crippen molar-refractivity contribution < 1.29 is 0 Å². The molecular formula is C30H30. The minimum Gasteiger partial charge on any atom is -0.0654 e. The number of hydrogen-bond acceptors (Lipinski definition) is 0.